The molecule has 0 radical (unpaired) electrons. The van der Waals surface area contributed by atoms with Gasteiger partial charge in [-0.05, 0) is 61.7 Å². The summed E-state index contributed by atoms with van der Waals surface area (Å²) in [5.74, 6) is -0.561. The monoisotopic (exact) mass is 326 g/mol. The van der Waals surface area contributed by atoms with Crippen LogP contribution in [-0.4, -0.2) is 18.4 Å². The molecule has 0 aliphatic carbocycles. The molecule has 0 aliphatic rings. The van der Waals surface area contributed by atoms with E-state index in [4.69, 9.17) is 4.74 Å². The Bertz CT molecular complexity index is 704. The van der Waals surface area contributed by atoms with E-state index >= 15 is 0 Å². The highest BCUT2D eigenvalue weighted by Gasteiger charge is 2.13. The number of hydrogen-bond acceptors (Lipinski definition) is 3. The molecule has 0 saturated carbocycles. The summed E-state index contributed by atoms with van der Waals surface area (Å²) in [4.78, 5) is 23.9. The maximum Gasteiger partial charge on any atom is 0.313 e. The van der Waals surface area contributed by atoms with Gasteiger partial charge >= 0.3 is 11.8 Å². The van der Waals surface area contributed by atoms with E-state index in [2.05, 4.69) is 10.6 Å². The molecule has 2 amide bonds. The van der Waals surface area contributed by atoms with Crippen LogP contribution >= 0.6 is 0 Å². The molecule has 0 aromatic heterocycles. The third-order valence-electron chi connectivity index (χ3n) is 3.37. The average Bonchev–Trinajstić information content (AvgIpc) is 2.53. The van der Waals surface area contributed by atoms with E-state index in [0.717, 1.165) is 22.4 Å². The number of aryl methyl sites for hydroxylation is 2. The van der Waals surface area contributed by atoms with Gasteiger partial charge in [-0.3, -0.25) is 9.59 Å². The molecule has 5 heteroatoms. The summed E-state index contributed by atoms with van der Waals surface area (Å²) >= 11 is 0. The molecule has 0 aliphatic heterocycles. The summed E-state index contributed by atoms with van der Waals surface area (Å²) in [5.41, 5.74) is 3.57. The van der Waals surface area contributed by atoms with Crippen LogP contribution in [0.3, 0.4) is 0 Å². The molecule has 0 atom stereocenters. The Morgan fingerprint density at radius 1 is 0.958 bits per heavy atom. The lowest BCUT2D eigenvalue weighted by atomic mass is 10.1. The molecule has 2 aromatic rings. The highest BCUT2D eigenvalue weighted by atomic mass is 16.5. The first-order valence-electron chi connectivity index (χ1n) is 7.87. The van der Waals surface area contributed by atoms with Crippen molar-refractivity contribution in [1.82, 2.24) is 5.32 Å². The standard InChI is InChI=1S/C19H22N2O3/c1-4-24-17-7-5-15(6-8-17)12-20-18(22)19(23)21-16-10-13(2)9-14(3)11-16/h5-11H,4,12H2,1-3H3,(H,20,22)(H,21,23). The quantitative estimate of drug-likeness (QED) is 0.830. The second-order valence-corrected chi connectivity index (χ2v) is 5.59. The van der Waals surface area contributed by atoms with Crippen molar-refractivity contribution in [3.63, 3.8) is 0 Å². The molecule has 24 heavy (non-hydrogen) atoms. The van der Waals surface area contributed by atoms with Gasteiger partial charge in [-0.25, -0.2) is 0 Å². The molecule has 2 N–H and O–H groups in total. The maximum atomic E-state index is 12.0. The Hall–Kier alpha value is -2.82. The van der Waals surface area contributed by atoms with E-state index in [1.54, 1.807) is 0 Å². The van der Waals surface area contributed by atoms with Crippen molar-refractivity contribution in [1.29, 1.82) is 0 Å². The van der Waals surface area contributed by atoms with E-state index in [-0.39, 0.29) is 6.54 Å². The molecular formula is C19H22N2O3. The Balaban J connectivity index is 1.88. The minimum Gasteiger partial charge on any atom is -0.494 e. The van der Waals surface area contributed by atoms with Crippen molar-refractivity contribution in [3.8, 4) is 5.75 Å². The Kier molecular flexibility index (Phi) is 5.95. The second-order valence-electron chi connectivity index (χ2n) is 5.59. The smallest absolute Gasteiger partial charge is 0.313 e. The molecule has 2 rings (SSSR count). The fraction of sp³-hybridized carbons (Fsp3) is 0.263. The predicted octanol–water partition coefficient (Wildman–Crippen LogP) is 2.96. The van der Waals surface area contributed by atoms with Crippen LogP contribution < -0.4 is 15.4 Å². The molecule has 0 heterocycles. The normalized spacial score (nSPS) is 10.1. The molecule has 0 unspecified atom stereocenters. The SMILES string of the molecule is CCOc1ccc(CNC(=O)C(=O)Nc2cc(C)cc(C)c2)cc1. The van der Waals surface area contributed by atoms with E-state index in [9.17, 15) is 9.59 Å². The minimum atomic E-state index is -0.675. The first kappa shape index (κ1) is 17.5. The summed E-state index contributed by atoms with van der Waals surface area (Å²) in [7, 11) is 0. The van der Waals surface area contributed by atoms with Gasteiger partial charge in [-0.2, -0.15) is 0 Å². The van der Waals surface area contributed by atoms with E-state index in [1.165, 1.54) is 0 Å². The van der Waals surface area contributed by atoms with E-state index < -0.39 is 11.8 Å². The van der Waals surface area contributed by atoms with Gasteiger partial charge in [0.2, 0.25) is 0 Å². The van der Waals surface area contributed by atoms with Crippen LogP contribution in [-0.2, 0) is 16.1 Å². The molecule has 2 aromatic carbocycles. The zero-order valence-electron chi connectivity index (χ0n) is 14.2. The lowest BCUT2D eigenvalue weighted by Gasteiger charge is -2.09. The number of carbonyl (C=O) groups excluding carboxylic acids is 2. The summed E-state index contributed by atoms with van der Waals surface area (Å²) < 4.78 is 5.36. The first-order chi connectivity index (χ1) is 11.5. The van der Waals surface area contributed by atoms with Crippen molar-refractivity contribution in [2.45, 2.75) is 27.3 Å². The van der Waals surface area contributed by atoms with Crippen molar-refractivity contribution in [2.24, 2.45) is 0 Å². The van der Waals surface area contributed by atoms with E-state index in [0.29, 0.717) is 12.3 Å². The number of carbonyl (C=O) groups is 2. The third-order valence-corrected chi connectivity index (χ3v) is 3.37. The lowest BCUT2D eigenvalue weighted by molar-refractivity contribution is -0.136. The summed E-state index contributed by atoms with van der Waals surface area (Å²) in [5, 5.41) is 5.22. The average molecular weight is 326 g/mol. The molecule has 0 saturated heterocycles. The highest BCUT2D eigenvalue weighted by molar-refractivity contribution is 6.39. The van der Waals surface area contributed by atoms with Crippen molar-refractivity contribution >= 4 is 17.5 Å². The highest BCUT2D eigenvalue weighted by Crippen LogP contribution is 2.14. The number of amides is 2. The van der Waals surface area contributed by atoms with Gasteiger partial charge in [0.05, 0.1) is 6.61 Å². The van der Waals surface area contributed by atoms with Gasteiger partial charge in [0.1, 0.15) is 5.75 Å². The van der Waals surface area contributed by atoms with E-state index in [1.807, 2.05) is 63.2 Å². The van der Waals surface area contributed by atoms with Gasteiger partial charge in [0.25, 0.3) is 0 Å². The number of ether oxygens (including phenoxy) is 1. The van der Waals surface area contributed by atoms with Crippen LogP contribution in [0.15, 0.2) is 42.5 Å². The fourth-order valence-corrected chi connectivity index (χ4v) is 2.37. The maximum absolute atomic E-state index is 12.0. The summed E-state index contributed by atoms with van der Waals surface area (Å²) in [6, 6.07) is 13.0. The number of hydrogen-bond donors (Lipinski definition) is 2. The van der Waals surface area contributed by atoms with Gasteiger partial charge in [-0.1, -0.05) is 18.2 Å². The lowest BCUT2D eigenvalue weighted by Crippen LogP contribution is -2.34. The number of benzene rings is 2. The van der Waals surface area contributed by atoms with Crippen LogP contribution in [0.25, 0.3) is 0 Å². The fourth-order valence-electron chi connectivity index (χ4n) is 2.37. The largest absolute Gasteiger partial charge is 0.494 e. The number of anilines is 1. The second kappa shape index (κ2) is 8.15. The van der Waals surface area contributed by atoms with Gasteiger partial charge < -0.3 is 15.4 Å². The van der Waals surface area contributed by atoms with Crippen LogP contribution in [0.1, 0.15) is 23.6 Å². The van der Waals surface area contributed by atoms with Crippen molar-refractivity contribution in [2.75, 3.05) is 11.9 Å². The van der Waals surface area contributed by atoms with Crippen LogP contribution in [0.2, 0.25) is 0 Å². The minimum absolute atomic E-state index is 0.283. The molecule has 0 fully saturated rings. The Morgan fingerprint density at radius 3 is 2.17 bits per heavy atom. The topological polar surface area (TPSA) is 67.4 Å². The van der Waals surface area contributed by atoms with Crippen molar-refractivity contribution in [3.05, 3.63) is 59.2 Å². The van der Waals surface area contributed by atoms with Crippen LogP contribution in [0, 0.1) is 13.8 Å². The van der Waals surface area contributed by atoms with Gasteiger partial charge in [-0.15, -0.1) is 0 Å². The van der Waals surface area contributed by atoms with Crippen molar-refractivity contribution < 1.29 is 14.3 Å². The molecule has 126 valence electrons. The van der Waals surface area contributed by atoms with Crippen LogP contribution in [0.5, 0.6) is 5.75 Å². The van der Waals surface area contributed by atoms with Crippen LogP contribution in [0.4, 0.5) is 5.69 Å². The number of nitrogens with one attached hydrogen (secondary N) is 2. The molecule has 0 bridgehead atoms. The zero-order valence-corrected chi connectivity index (χ0v) is 14.2. The summed E-state index contributed by atoms with van der Waals surface area (Å²) in [6.45, 7) is 6.69. The molecular weight excluding hydrogens is 304 g/mol. The number of rotatable bonds is 5. The predicted molar refractivity (Wildman–Crippen MR) is 94.0 cm³/mol. The first-order valence-corrected chi connectivity index (χ1v) is 7.87. The Labute approximate surface area is 142 Å². The zero-order chi connectivity index (χ0) is 17.5. The third kappa shape index (κ3) is 5.12. The molecule has 5 nitrogen and oxygen atoms in total. The Morgan fingerprint density at radius 2 is 1.58 bits per heavy atom. The van der Waals surface area contributed by atoms with Gasteiger partial charge in [0, 0.05) is 12.2 Å². The van der Waals surface area contributed by atoms with Gasteiger partial charge in [0.15, 0.2) is 0 Å². The molecule has 0 spiro atoms. The summed E-state index contributed by atoms with van der Waals surface area (Å²) in [6.07, 6.45) is 0.